The van der Waals surface area contributed by atoms with E-state index in [1.807, 2.05) is 27.1 Å². The van der Waals surface area contributed by atoms with Gasteiger partial charge in [-0.05, 0) is 38.4 Å². The van der Waals surface area contributed by atoms with Gasteiger partial charge in [0.1, 0.15) is 5.01 Å². The third kappa shape index (κ3) is 2.68. The molecule has 0 spiro atoms. The molecule has 21 heavy (non-hydrogen) atoms. The topological polar surface area (TPSA) is 36.4 Å². The van der Waals surface area contributed by atoms with E-state index in [0.29, 0.717) is 0 Å². The van der Waals surface area contributed by atoms with Gasteiger partial charge in [0.15, 0.2) is 0 Å². The summed E-state index contributed by atoms with van der Waals surface area (Å²) in [5.74, 6) is 0.169. The highest BCUT2D eigenvalue weighted by molar-refractivity contribution is 7.18. The molecule has 2 aromatic rings. The first kappa shape index (κ1) is 14.5. The Bertz CT molecular complexity index is 619. The lowest BCUT2D eigenvalue weighted by Crippen LogP contribution is -2.44. The monoisotopic (exact) mass is 303 g/mol. The molecule has 1 aromatic carbocycles. The first-order valence-electron chi connectivity index (χ1n) is 7.40. The van der Waals surface area contributed by atoms with Crippen LogP contribution >= 0.6 is 11.3 Å². The minimum absolute atomic E-state index is 0.0838. The van der Waals surface area contributed by atoms with E-state index in [1.165, 1.54) is 4.70 Å². The number of likely N-dealkylation sites (N-methyl/N-ethyl adjacent to an activating group) is 1. The van der Waals surface area contributed by atoms with Crippen LogP contribution in [0.1, 0.15) is 30.8 Å². The van der Waals surface area contributed by atoms with Crippen LogP contribution in [0.3, 0.4) is 0 Å². The van der Waals surface area contributed by atoms with Crippen molar-refractivity contribution in [3.8, 4) is 0 Å². The SMILES string of the molecule is CC(C(=O)N(C)C)N1CCCC1c1nc2ccccc2s1. The normalized spacial score (nSPS) is 20.8. The van der Waals surface area contributed by atoms with E-state index in [9.17, 15) is 4.79 Å². The number of rotatable bonds is 3. The van der Waals surface area contributed by atoms with Gasteiger partial charge in [0, 0.05) is 14.1 Å². The van der Waals surface area contributed by atoms with Gasteiger partial charge in [0.25, 0.3) is 0 Å². The fourth-order valence-corrected chi connectivity index (χ4v) is 4.19. The van der Waals surface area contributed by atoms with Crippen molar-refractivity contribution in [3.63, 3.8) is 0 Å². The summed E-state index contributed by atoms with van der Waals surface area (Å²) < 4.78 is 1.23. The zero-order chi connectivity index (χ0) is 15.0. The molecule has 1 aromatic heterocycles. The maximum Gasteiger partial charge on any atom is 0.239 e. The lowest BCUT2D eigenvalue weighted by atomic mass is 10.2. The molecule has 2 atom stereocenters. The number of fused-ring (bicyclic) bond motifs is 1. The fraction of sp³-hybridized carbons (Fsp3) is 0.500. The molecule has 1 saturated heterocycles. The summed E-state index contributed by atoms with van der Waals surface area (Å²) in [5.41, 5.74) is 1.07. The van der Waals surface area contributed by atoms with Gasteiger partial charge in [-0.3, -0.25) is 9.69 Å². The van der Waals surface area contributed by atoms with E-state index in [2.05, 4.69) is 23.1 Å². The maximum absolute atomic E-state index is 12.2. The molecule has 1 aliphatic rings. The van der Waals surface area contributed by atoms with Crippen LogP contribution in [-0.2, 0) is 4.79 Å². The summed E-state index contributed by atoms with van der Waals surface area (Å²) >= 11 is 1.76. The minimum atomic E-state index is -0.0838. The van der Waals surface area contributed by atoms with E-state index in [1.54, 1.807) is 16.2 Å². The van der Waals surface area contributed by atoms with Gasteiger partial charge in [0.05, 0.1) is 22.3 Å². The number of aromatic nitrogens is 1. The zero-order valence-corrected chi connectivity index (χ0v) is 13.6. The van der Waals surface area contributed by atoms with Crippen LogP contribution in [0, 0.1) is 0 Å². The number of carbonyl (C=O) groups is 1. The first-order chi connectivity index (χ1) is 10.1. The van der Waals surface area contributed by atoms with Crippen molar-refractivity contribution in [2.45, 2.75) is 31.8 Å². The quantitative estimate of drug-likeness (QED) is 0.875. The Morgan fingerprint density at radius 1 is 1.43 bits per heavy atom. The van der Waals surface area contributed by atoms with Crippen LogP contribution in [-0.4, -0.2) is 47.4 Å². The summed E-state index contributed by atoms with van der Waals surface area (Å²) in [6.45, 7) is 2.98. The third-order valence-corrected chi connectivity index (χ3v) is 5.32. The number of thiazole rings is 1. The standard InChI is InChI=1S/C16H21N3OS/c1-11(16(20)18(2)3)19-10-6-8-13(19)15-17-12-7-4-5-9-14(12)21-15/h4-5,7,9,11,13H,6,8,10H2,1-3H3. The van der Waals surface area contributed by atoms with E-state index in [-0.39, 0.29) is 18.0 Å². The lowest BCUT2D eigenvalue weighted by Gasteiger charge is -2.30. The van der Waals surface area contributed by atoms with Gasteiger partial charge in [-0.15, -0.1) is 11.3 Å². The molecule has 1 amide bonds. The Morgan fingerprint density at radius 3 is 2.90 bits per heavy atom. The van der Waals surface area contributed by atoms with Gasteiger partial charge in [-0.25, -0.2) is 4.98 Å². The third-order valence-electron chi connectivity index (χ3n) is 4.19. The molecular formula is C16H21N3OS. The van der Waals surface area contributed by atoms with Gasteiger partial charge in [-0.1, -0.05) is 12.1 Å². The van der Waals surface area contributed by atoms with Crippen molar-refractivity contribution in [1.82, 2.24) is 14.8 Å². The molecule has 3 rings (SSSR count). The molecule has 4 nitrogen and oxygen atoms in total. The largest absolute Gasteiger partial charge is 0.347 e. The molecule has 0 saturated carbocycles. The van der Waals surface area contributed by atoms with Crippen LogP contribution < -0.4 is 0 Å². The fourth-order valence-electron chi connectivity index (χ4n) is 3.07. The molecule has 2 unspecified atom stereocenters. The molecule has 1 aliphatic heterocycles. The molecule has 0 radical (unpaired) electrons. The van der Waals surface area contributed by atoms with Crippen LogP contribution in [0.15, 0.2) is 24.3 Å². The Hall–Kier alpha value is -1.46. The minimum Gasteiger partial charge on any atom is -0.347 e. The lowest BCUT2D eigenvalue weighted by molar-refractivity contribution is -0.134. The van der Waals surface area contributed by atoms with Crippen molar-refractivity contribution in [2.75, 3.05) is 20.6 Å². The highest BCUT2D eigenvalue weighted by atomic mass is 32.1. The molecular weight excluding hydrogens is 282 g/mol. The van der Waals surface area contributed by atoms with Gasteiger partial charge in [-0.2, -0.15) is 0 Å². The first-order valence-corrected chi connectivity index (χ1v) is 8.22. The molecule has 1 fully saturated rings. The number of carbonyl (C=O) groups excluding carboxylic acids is 1. The Labute approximate surface area is 129 Å². The zero-order valence-electron chi connectivity index (χ0n) is 12.7. The molecule has 0 aliphatic carbocycles. The number of para-hydroxylation sites is 1. The second-order valence-electron chi connectivity index (χ2n) is 5.82. The average Bonchev–Trinajstić information content (AvgIpc) is 3.11. The maximum atomic E-state index is 12.2. The van der Waals surface area contributed by atoms with Crippen molar-refractivity contribution >= 4 is 27.5 Å². The van der Waals surface area contributed by atoms with Crippen LogP contribution in [0.4, 0.5) is 0 Å². The highest BCUT2D eigenvalue weighted by Crippen LogP contribution is 2.37. The number of likely N-dealkylation sites (tertiary alicyclic amines) is 1. The summed E-state index contributed by atoms with van der Waals surface area (Å²) in [5, 5.41) is 1.15. The van der Waals surface area contributed by atoms with Gasteiger partial charge in [0.2, 0.25) is 5.91 Å². The van der Waals surface area contributed by atoms with E-state index >= 15 is 0 Å². The average molecular weight is 303 g/mol. The van der Waals surface area contributed by atoms with Crippen molar-refractivity contribution < 1.29 is 4.79 Å². The number of hydrogen-bond acceptors (Lipinski definition) is 4. The summed E-state index contributed by atoms with van der Waals surface area (Å²) in [6.07, 6.45) is 2.22. The van der Waals surface area contributed by atoms with Crippen molar-refractivity contribution in [1.29, 1.82) is 0 Å². The van der Waals surface area contributed by atoms with E-state index in [0.717, 1.165) is 29.9 Å². The number of nitrogens with zero attached hydrogens (tertiary/aromatic N) is 3. The van der Waals surface area contributed by atoms with Gasteiger partial charge >= 0.3 is 0 Å². The smallest absolute Gasteiger partial charge is 0.239 e. The molecule has 112 valence electrons. The molecule has 2 heterocycles. The van der Waals surface area contributed by atoms with Crippen LogP contribution in [0.5, 0.6) is 0 Å². The predicted molar refractivity (Wildman–Crippen MR) is 86.5 cm³/mol. The van der Waals surface area contributed by atoms with Crippen LogP contribution in [0.25, 0.3) is 10.2 Å². The molecule has 5 heteroatoms. The number of amides is 1. The van der Waals surface area contributed by atoms with Crippen LogP contribution in [0.2, 0.25) is 0 Å². The second-order valence-corrected chi connectivity index (χ2v) is 6.89. The second kappa shape index (κ2) is 5.73. The van der Waals surface area contributed by atoms with E-state index < -0.39 is 0 Å². The van der Waals surface area contributed by atoms with Crippen molar-refractivity contribution in [3.05, 3.63) is 29.3 Å². The summed E-state index contributed by atoms with van der Waals surface area (Å²) in [4.78, 5) is 21.0. The molecule has 0 N–H and O–H groups in total. The van der Waals surface area contributed by atoms with E-state index in [4.69, 9.17) is 4.98 Å². The Kier molecular flexibility index (Phi) is 3.95. The summed E-state index contributed by atoms with van der Waals surface area (Å²) in [7, 11) is 3.64. The Morgan fingerprint density at radius 2 is 2.19 bits per heavy atom. The predicted octanol–water partition coefficient (Wildman–Crippen LogP) is 2.91. The van der Waals surface area contributed by atoms with Gasteiger partial charge < -0.3 is 4.90 Å². The number of benzene rings is 1. The summed E-state index contributed by atoms with van der Waals surface area (Å²) in [6, 6.07) is 8.44. The van der Waals surface area contributed by atoms with Crippen molar-refractivity contribution in [2.24, 2.45) is 0 Å². The highest BCUT2D eigenvalue weighted by Gasteiger charge is 2.35. The molecule has 0 bridgehead atoms. The Balaban J connectivity index is 1.88. The number of hydrogen-bond donors (Lipinski definition) is 0.